The van der Waals surface area contributed by atoms with Crippen LogP contribution in [0.4, 0.5) is 14.5 Å². The summed E-state index contributed by atoms with van der Waals surface area (Å²) in [6.07, 6.45) is -2.65. The van der Waals surface area contributed by atoms with E-state index in [1.807, 2.05) is 5.43 Å². The molecule has 0 radical (unpaired) electrons. The summed E-state index contributed by atoms with van der Waals surface area (Å²) in [5.41, 5.74) is 1.58. The standard InChI is InChI=1S/C7H8F2N2O/c8-7(9)4-2-1-3-5(12)6(4)11-10/h1-3,7,11-12H,10H2. The van der Waals surface area contributed by atoms with Crippen molar-refractivity contribution in [3.63, 3.8) is 0 Å². The summed E-state index contributed by atoms with van der Waals surface area (Å²) in [5, 5.41) is 9.06. The molecule has 0 aliphatic carbocycles. The molecule has 1 rings (SSSR count). The van der Waals surface area contributed by atoms with E-state index in [4.69, 9.17) is 10.9 Å². The van der Waals surface area contributed by atoms with E-state index < -0.39 is 6.43 Å². The average molecular weight is 174 g/mol. The number of hydrazine groups is 1. The summed E-state index contributed by atoms with van der Waals surface area (Å²) in [5.74, 6) is 4.66. The molecule has 4 N–H and O–H groups in total. The monoisotopic (exact) mass is 174 g/mol. The van der Waals surface area contributed by atoms with Crippen LogP contribution in [0, 0.1) is 0 Å². The first-order chi connectivity index (χ1) is 5.66. The number of hydrogen-bond donors (Lipinski definition) is 3. The third-order valence-electron chi connectivity index (χ3n) is 1.45. The lowest BCUT2D eigenvalue weighted by molar-refractivity contribution is 0.152. The molecule has 0 saturated carbocycles. The minimum atomic E-state index is -2.65. The molecule has 3 nitrogen and oxygen atoms in total. The van der Waals surface area contributed by atoms with Gasteiger partial charge in [0.15, 0.2) is 0 Å². The summed E-state index contributed by atoms with van der Waals surface area (Å²) >= 11 is 0. The normalized spacial score (nSPS) is 10.3. The number of alkyl halides is 2. The van der Waals surface area contributed by atoms with Gasteiger partial charge in [-0.05, 0) is 6.07 Å². The van der Waals surface area contributed by atoms with Crippen LogP contribution >= 0.6 is 0 Å². The van der Waals surface area contributed by atoms with Crippen LogP contribution in [0.5, 0.6) is 5.75 Å². The van der Waals surface area contributed by atoms with E-state index in [2.05, 4.69) is 0 Å². The van der Waals surface area contributed by atoms with Crippen molar-refractivity contribution in [3.8, 4) is 5.75 Å². The predicted molar refractivity (Wildman–Crippen MR) is 40.9 cm³/mol. The number of para-hydroxylation sites is 1. The molecule has 0 bridgehead atoms. The van der Waals surface area contributed by atoms with Gasteiger partial charge in [-0.3, -0.25) is 5.84 Å². The van der Waals surface area contributed by atoms with Gasteiger partial charge in [-0.2, -0.15) is 0 Å². The fraction of sp³-hybridized carbons (Fsp3) is 0.143. The zero-order valence-corrected chi connectivity index (χ0v) is 6.09. The molecule has 0 aromatic heterocycles. The quantitative estimate of drug-likeness (QED) is 0.362. The Morgan fingerprint density at radius 1 is 1.42 bits per heavy atom. The van der Waals surface area contributed by atoms with E-state index in [9.17, 15) is 8.78 Å². The number of phenolic OH excluding ortho intramolecular Hbond substituents is 1. The minimum absolute atomic E-state index is 0.132. The lowest BCUT2D eigenvalue weighted by Crippen LogP contribution is -2.09. The maximum atomic E-state index is 12.2. The molecule has 0 aliphatic rings. The molecule has 0 saturated heterocycles. The van der Waals surface area contributed by atoms with Gasteiger partial charge < -0.3 is 10.5 Å². The van der Waals surface area contributed by atoms with Crippen molar-refractivity contribution in [2.75, 3.05) is 5.43 Å². The summed E-state index contributed by atoms with van der Waals surface area (Å²) in [7, 11) is 0. The molecule has 0 atom stereocenters. The molecule has 5 heteroatoms. The number of benzene rings is 1. The third kappa shape index (κ3) is 1.45. The van der Waals surface area contributed by atoms with Gasteiger partial charge in [0.2, 0.25) is 0 Å². The highest BCUT2D eigenvalue weighted by Gasteiger charge is 2.14. The number of nitrogens with one attached hydrogen (secondary N) is 1. The molecular weight excluding hydrogens is 166 g/mol. The van der Waals surface area contributed by atoms with E-state index >= 15 is 0 Å². The number of halogens is 2. The number of hydrogen-bond acceptors (Lipinski definition) is 3. The molecule has 0 unspecified atom stereocenters. The van der Waals surface area contributed by atoms with E-state index in [1.54, 1.807) is 0 Å². The van der Waals surface area contributed by atoms with Gasteiger partial charge in [0.25, 0.3) is 6.43 Å². The maximum absolute atomic E-state index is 12.2. The largest absolute Gasteiger partial charge is 0.506 e. The second-order valence-electron chi connectivity index (χ2n) is 2.19. The van der Waals surface area contributed by atoms with E-state index in [1.165, 1.54) is 18.2 Å². The Balaban J connectivity index is 3.18. The Labute approximate surface area is 67.8 Å². The third-order valence-corrected chi connectivity index (χ3v) is 1.45. The Morgan fingerprint density at radius 2 is 2.08 bits per heavy atom. The highest BCUT2D eigenvalue weighted by Crippen LogP contribution is 2.32. The van der Waals surface area contributed by atoms with Gasteiger partial charge in [0, 0.05) is 5.56 Å². The summed E-state index contributed by atoms with van der Waals surface area (Å²) < 4.78 is 24.4. The fourth-order valence-corrected chi connectivity index (χ4v) is 0.897. The maximum Gasteiger partial charge on any atom is 0.266 e. The number of nitrogen functional groups attached to an aromatic ring is 1. The van der Waals surface area contributed by atoms with Gasteiger partial charge in [-0.1, -0.05) is 12.1 Å². The SMILES string of the molecule is NNc1c(O)cccc1C(F)F. The minimum Gasteiger partial charge on any atom is -0.506 e. The molecule has 12 heavy (non-hydrogen) atoms. The van der Waals surface area contributed by atoms with Crippen LogP contribution in [-0.2, 0) is 0 Å². The van der Waals surface area contributed by atoms with Gasteiger partial charge in [0.1, 0.15) is 5.75 Å². The predicted octanol–water partition coefficient (Wildman–Crippen LogP) is 1.62. The highest BCUT2D eigenvalue weighted by atomic mass is 19.3. The first-order valence-corrected chi connectivity index (χ1v) is 3.23. The van der Waals surface area contributed by atoms with Crippen molar-refractivity contribution in [1.29, 1.82) is 0 Å². The molecule has 0 spiro atoms. The highest BCUT2D eigenvalue weighted by molar-refractivity contribution is 5.60. The van der Waals surface area contributed by atoms with Crippen molar-refractivity contribution in [1.82, 2.24) is 0 Å². The molecule has 1 aromatic rings. The number of rotatable bonds is 2. The van der Waals surface area contributed by atoms with Gasteiger partial charge in [0.05, 0.1) is 5.69 Å². The molecule has 66 valence electrons. The van der Waals surface area contributed by atoms with Crippen LogP contribution < -0.4 is 11.3 Å². The molecule has 0 amide bonds. The van der Waals surface area contributed by atoms with Crippen molar-refractivity contribution in [3.05, 3.63) is 23.8 Å². The topological polar surface area (TPSA) is 58.3 Å². The lowest BCUT2D eigenvalue weighted by atomic mass is 10.2. The number of anilines is 1. The summed E-state index contributed by atoms with van der Waals surface area (Å²) in [6, 6.07) is 3.80. The van der Waals surface area contributed by atoms with Crippen LogP contribution in [0.3, 0.4) is 0 Å². The number of nitrogens with two attached hydrogens (primary N) is 1. The number of phenols is 1. The van der Waals surface area contributed by atoms with Gasteiger partial charge in [-0.15, -0.1) is 0 Å². The smallest absolute Gasteiger partial charge is 0.266 e. The average Bonchev–Trinajstić information content (AvgIpc) is 2.03. The molecule has 0 aliphatic heterocycles. The van der Waals surface area contributed by atoms with Crippen molar-refractivity contribution in [2.24, 2.45) is 5.84 Å². The Morgan fingerprint density at radius 3 is 2.50 bits per heavy atom. The molecular formula is C7H8F2N2O. The fourth-order valence-electron chi connectivity index (χ4n) is 0.897. The zero-order chi connectivity index (χ0) is 9.14. The Bertz CT molecular complexity index is 278. The van der Waals surface area contributed by atoms with E-state index in [-0.39, 0.29) is 17.0 Å². The zero-order valence-electron chi connectivity index (χ0n) is 6.09. The van der Waals surface area contributed by atoms with Gasteiger partial charge >= 0.3 is 0 Å². The Hall–Kier alpha value is -1.36. The number of aromatic hydroxyl groups is 1. The van der Waals surface area contributed by atoms with Crippen LogP contribution in [-0.4, -0.2) is 5.11 Å². The molecule has 0 heterocycles. The van der Waals surface area contributed by atoms with Crippen LogP contribution in [0.15, 0.2) is 18.2 Å². The summed E-state index contributed by atoms with van der Waals surface area (Å²) in [6.45, 7) is 0. The molecule has 1 aromatic carbocycles. The van der Waals surface area contributed by atoms with Crippen molar-refractivity contribution >= 4 is 5.69 Å². The van der Waals surface area contributed by atoms with Crippen LogP contribution in [0.25, 0.3) is 0 Å². The van der Waals surface area contributed by atoms with E-state index in [0.717, 1.165) is 0 Å². The second-order valence-corrected chi connectivity index (χ2v) is 2.19. The Kier molecular flexibility index (Phi) is 2.44. The lowest BCUT2D eigenvalue weighted by Gasteiger charge is -2.08. The first-order valence-electron chi connectivity index (χ1n) is 3.23. The molecule has 0 fully saturated rings. The first kappa shape index (κ1) is 8.73. The second kappa shape index (κ2) is 3.36. The van der Waals surface area contributed by atoms with Crippen LogP contribution in [0.2, 0.25) is 0 Å². The summed E-state index contributed by atoms with van der Waals surface area (Å²) in [4.78, 5) is 0. The van der Waals surface area contributed by atoms with Gasteiger partial charge in [-0.25, -0.2) is 8.78 Å². The van der Waals surface area contributed by atoms with Crippen molar-refractivity contribution in [2.45, 2.75) is 6.43 Å². The van der Waals surface area contributed by atoms with Crippen molar-refractivity contribution < 1.29 is 13.9 Å². The van der Waals surface area contributed by atoms with E-state index in [0.29, 0.717) is 0 Å². The van der Waals surface area contributed by atoms with Crippen LogP contribution in [0.1, 0.15) is 12.0 Å².